The highest BCUT2D eigenvalue weighted by molar-refractivity contribution is 7.92. The molecule has 0 heterocycles. The molecule has 1 N–H and O–H groups in total. The van der Waals surface area contributed by atoms with Crippen LogP contribution in [-0.4, -0.2) is 38.5 Å². The second-order valence-electron chi connectivity index (χ2n) is 4.78. The van der Waals surface area contributed by atoms with Gasteiger partial charge in [0.25, 0.3) is 0 Å². The number of amides is 1. The topological polar surface area (TPSA) is 81.7 Å². The first-order valence-electron chi connectivity index (χ1n) is 7.38. The minimum absolute atomic E-state index is 0.241. The lowest BCUT2D eigenvalue weighted by atomic mass is 10.2. The molecule has 0 aromatic heterocycles. The molecule has 23 heavy (non-hydrogen) atoms. The maximum Gasteiger partial charge on any atom is 0.242 e. The summed E-state index contributed by atoms with van der Waals surface area (Å²) in [5, 5.41) is 1.42. The number of hydrogen-bond acceptors (Lipinski definition) is 5. The molecular formula is C16H23NO5S. The first-order chi connectivity index (χ1) is 10.9. The Hall–Kier alpha value is -2.02. The number of ether oxygens (including phenoxy) is 2. The average molecular weight is 341 g/mol. The SMILES string of the molecule is C=CCS(=O)(=O)C(C)C(=O)Nc1ccc(OCC)c(OCC)c1. The van der Waals surface area contributed by atoms with Crippen LogP contribution in [-0.2, 0) is 14.6 Å². The molecule has 1 rings (SSSR count). The van der Waals surface area contributed by atoms with E-state index in [-0.39, 0.29) is 5.75 Å². The number of benzene rings is 1. The molecule has 7 heteroatoms. The number of hydrogen-bond donors (Lipinski definition) is 1. The van der Waals surface area contributed by atoms with Crippen molar-refractivity contribution in [2.24, 2.45) is 0 Å². The Bertz CT molecular complexity index is 654. The van der Waals surface area contributed by atoms with Crippen molar-refractivity contribution >= 4 is 21.4 Å². The van der Waals surface area contributed by atoms with E-state index in [4.69, 9.17) is 9.47 Å². The second kappa shape index (κ2) is 8.57. The quantitative estimate of drug-likeness (QED) is 0.698. The molecule has 0 aliphatic heterocycles. The molecule has 0 spiro atoms. The molecule has 1 atom stereocenters. The van der Waals surface area contributed by atoms with Gasteiger partial charge < -0.3 is 14.8 Å². The summed E-state index contributed by atoms with van der Waals surface area (Å²) in [7, 11) is -3.55. The summed E-state index contributed by atoms with van der Waals surface area (Å²) < 4.78 is 34.7. The van der Waals surface area contributed by atoms with Crippen LogP contribution >= 0.6 is 0 Å². The van der Waals surface area contributed by atoms with Crippen LogP contribution in [0, 0.1) is 0 Å². The molecule has 0 bridgehead atoms. The highest BCUT2D eigenvalue weighted by Gasteiger charge is 2.26. The van der Waals surface area contributed by atoms with Crippen LogP contribution in [0.4, 0.5) is 5.69 Å². The van der Waals surface area contributed by atoms with Crippen molar-refractivity contribution in [3.05, 3.63) is 30.9 Å². The lowest BCUT2D eigenvalue weighted by Crippen LogP contribution is -2.33. The molecule has 6 nitrogen and oxygen atoms in total. The summed E-state index contributed by atoms with van der Waals surface area (Å²) in [6, 6.07) is 4.92. The van der Waals surface area contributed by atoms with E-state index in [1.807, 2.05) is 13.8 Å². The smallest absolute Gasteiger partial charge is 0.242 e. The van der Waals surface area contributed by atoms with Crippen molar-refractivity contribution in [3.63, 3.8) is 0 Å². The van der Waals surface area contributed by atoms with Gasteiger partial charge >= 0.3 is 0 Å². The molecule has 0 aliphatic carbocycles. The van der Waals surface area contributed by atoms with E-state index in [1.54, 1.807) is 18.2 Å². The van der Waals surface area contributed by atoms with Gasteiger partial charge in [0.2, 0.25) is 5.91 Å². The lowest BCUT2D eigenvalue weighted by Gasteiger charge is -2.15. The third kappa shape index (κ3) is 5.28. The molecule has 0 aliphatic rings. The van der Waals surface area contributed by atoms with Crippen molar-refractivity contribution in [2.45, 2.75) is 26.0 Å². The average Bonchev–Trinajstić information content (AvgIpc) is 2.49. The fraction of sp³-hybridized carbons (Fsp3) is 0.438. The van der Waals surface area contributed by atoms with E-state index in [1.165, 1.54) is 13.0 Å². The summed E-state index contributed by atoms with van der Waals surface area (Å²) in [6.45, 7) is 9.37. The number of carbonyl (C=O) groups is 1. The summed E-state index contributed by atoms with van der Waals surface area (Å²) in [5.41, 5.74) is 0.447. The zero-order valence-electron chi connectivity index (χ0n) is 13.7. The Labute approximate surface area is 137 Å². The predicted octanol–water partition coefficient (Wildman–Crippen LogP) is 2.41. The molecule has 0 saturated heterocycles. The molecular weight excluding hydrogens is 318 g/mol. The third-order valence-corrected chi connectivity index (χ3v) is 5.06. The maximum atomic E-state index is 12.1. The minimum atomic E-state index is -3.55. The van der Waals surface area contributed by atoms with Gasteiger partial charge in [-0.3, -0.25) is 4.79 Å². The lowest BCUT2D eigenvalue weighted by molar-refractivity contribution is -0.115. The Morgan fingerprint density at radius 1 is 1.26 bits per heavy atom. The van der Waals surface area contributed by atoms with Gasteiger partial charge in [-0.2, -0.15) is 0 Å². The number of anilines is 1. The Morgan fingerprint density at radius 3 is 2.43 bits per heavy atom. The van der Waals surface area contributed by atoms with Crippen LogP contribution < -0.4 is 14.8 Å². The van der Waals surface area contributed by atoms with E-state index in [0.29, 0.717) is 30.4 Å². The summed E-state index contributed by atoms with van der Waals surface area (Å²) in [5.74, 6) is 0.224. The zero-order valence-corrected chi connectivity index (χ0v) is 14.5. The van der Waals surface area contributed by atoms with E-state index >= 15 is 0 Å². The van der Waals surface area contributed by atoms with E-state index in [2.05, 4.69) is 11.9 Å². The first kappa shape index (κ1) is 19.0. The van der Waals surface area contributed by atoms with Gasteiger partial charge in [-0.25, -0.2) is 8.42 Å². The van der Waals surface area contributed by atoms with Gasteiger partial charge in [0.05, 0.1) is 19.0 Å². The Morgan fingerprint density at radius 2 is 1.87 bits per heavy atom. The van der Waals surface area contributed by atoms with Crippen molar-refractivity contribution in [1.29, 1.82) is 0 Å². The van der Waals surface area contributed by atoms with Crippen LogP contribution in [0.1, 0.15) is 20.8 Å². The van der Waals surface area contributed by atoms with Crippen LogP contribution in [0.25, 0.3) is 0 Å². The third-order valence-electron chi connectivity index (χ3n) is 3.07. The highest BCUT2D eigenvalue weighted by Crippen LogP contribution is 2.30. The van der Waals surface area contributed by atoms with Gasteiger partial charge in [-0.05, 0) is 32.9 Å². The molecule has 0 saturated carbocycles. The Kier molecular flexibility index (Phi) is 7.09. The Balaban J connectivity index is 2.93. The summed E-state index contributed by atoms with van der Waals surface area (Å²) in [6.07, 6.45) is 1.27. The number of rotatable bonds is 9. The molecule has 128 valence electrons. The van der Waals surface area contributed by atoms with Gasteiger partial charge in [0, 0.05) is 11.8 Å². The second-order valence-corrected chi connectivity index (χ2v) is 7.14. The fourth-order valence-corrected chi connectivity index (χ4v) is 2.85. The van der Waals surface area contributed by atoms with Crippen molar-refractivity contribution in [2.75, 3.05) is 24.3 Å². The standard InChI is InChI=1S/C16H23NO5S/c1-5-10-23(19,20)12(4)16(18)17-13-8-9-14(21-6-2)15(11-13)22-7-3/h5,8-9,11-12H,1,6-7,10H2,2-4H3,(H,17,18). The number of sulfone groups is 1. The van der Waals surface area contributed by atoms with Crippen LogP contribution in [0.5, 0.6) is 11.5 Å². The van der Waals surface area contributed by atoms with Crippen LogP contribution in [0.15, 0.2) is 30.9 Å². The predicted molar refractivity (Wildman–Crippen MR) is 90.9 cm³/mol. The summed E-state index contributed by atoms with van der Waals surface area (Å²) >= 11 is 0. The fourth-order valence-electron chi connectivity index (χ4n) is 1.84. The van der Waals surface area contributed by atoms with Gasteiger partial charge in [0.1, 0.15) is 5.25 Å². The molecule has 1 amide bonds. The largest absolute Gasteiger partial charge is 0.490 e. The maximum absolute atomic E-state index is 12.1. The highest BCUT2D eigenvalue weighted by atomic mass is 32.2. The summed E-state index contributed by atoms with van der Waals surface area (Å²) in [4.78, 5) is 12.1. The first-order valence-corrected chi connectivity index (χ1v) is 9.10. The van der Waals surface area contributed by atoms with Crippen molar-refractivity contribution in [1.82, 2.24) is 0 Å². The van der Waals surface area contributed by atoms with Crippen molar-refractivity contribution in [3.8, 4) is 11.5 Å². The number of nitrogens with one attached hydrogen (secondary N) is 1. The van der Waals surface area contributed by atoms with Gasteiger partial charge in [-0.15, -0.1) is 6.58 Å². The normalized spacial score (nSPS) is 12.3. The monoisotopic (exact) mass is 341 g/mol. The molecule has 0 fully saturated rings. The minimum Gasteiger partial charge on any atom is -0.490 e. The molecule has 1 aromatic carbocycles. The van der Waals surface area contributed by atoms with Crippen LogP contribution in [0.2, 0.25) is 0 Å². The van der Waals surface area contributed by atoms with Crippen LogP contribution in [0.3, 0.4) is 0 Å². The molecule has 1 aromatic rings. The van der Waals surface area contributed by atoms with Crippen molar-refractivity contribution < 1.29 is 22.7 Å². The molecule has 1 unspecified atom stereocenters. The van der Waals surface area contributed by atoms with Gasteiger partial charge in [0.15, 0.2) is 21.3 Å². The van der Waals surface area contributed by atoms with E-state index in [9.17, 15) is 13.2 Å². The molecule has 0 radical (unpaired) electrons. The zero-order chi connectivity index (χ0) is 17.5. The number of carbonyl (C=O) groups excluding carboxylic acids is 1. The van der Waals surface area contributed by atoms with E-state index < -0.39 is 21.0 Å². The van der Waals surface area contributed by atoms with E-state index in [0.717, 1.165) is 0 Å². The van der Waals surface area contributed by atoms with Gasteiger partial charge in [-0.1, -0.05) is 6.08 Å².